The van der Waals surface area contributed by atoms with Crippen molar-refractivity contribution in [3.63, 3.8) is 0 Å². The van der Waals surface area contributed by atoms with Crippen LogP contribution in [0.15, 0.2) is 71.4 Å². The number of hydrogen-bond donors (Lipinski definition) is 1. The van der Waals surface area contributed by atoms with Crippen molar-refractivity contribution < 1.29 is 19.2 Å². The fourth-order valence-corrected chi connectivity index (χ4v) is 4.78. The number of aromatic nitrogens is 1. The molecule has 2 aromatic carbocycles. The molecular formula is C22H19N3O5S. The Kier molecular flexibility index (Phi) is 5.43. The second-order valence-corrected chi connectivity index (χ2v) is 7.95. The first-order valence-electron chi connectivity index (χ1n) is 9.44. The van der Waals surface area contributed by atoms with Gasteiger partial charge in [-0.15, -0.1) is 11.3 Å². The SMILES string of the molecule is COC(=O)OC1=C(C)NC(C)=C([N+](=O)[O-])C1c1cccc2nc(-c3ccccc3)sc12. The number of ether oxygens (including phenoxy) is 2. The molecule has 0 aliphatic carbocycles. The van der Waals surface area contributed by atoms with E-state index in [4.69, 9.17) is 9.72 Å². The van der Waals surface area contributed by atoms with E-state index in [2.05, 4.69) is 10.1 Å². The summed E-state index contributed by atoms with van der Waals surface area (Å²) in [4.78, 5) is 28.2. The van der Waals surface area contributed by atoms with E-state index in [1.54, 1.807) is 26.0 Å². The van der Waals surface area contributed by atoms with Crippen molar-refractivity contribution in [3.8, 4) is 10.6 Å². The van der Waals surface area contributed by atoms with Gasteiger partial charge in [0.2, 0.25) is 0 Å². The number of nitrogens with zero attached hydrogens (tertiary/aromatic N) is 2. The van der Waals surface area contributed by atoms with Gasteiger partial charge in [0.05, 0.1) is 33.6 Å². The van der Waals surface area contributed by atoms with E-state index in [1.807, 2.05) is 36.4 Å². The summed E-state index contributed by atoms with van der Waals surface area (Å²) >= 11 is 1.44. The van der Waals surface area contributed by atoms with Gasteiger partial charge in [-0.25, -0.2) is 9.78 Å². The molecule has 158 valence electrons. The molecule has 1 aliphatic rings. The Labute approximate surface area is 182 Å². The highest BCUT2D eigenvalue weighted by molar-refractivity contribution is 7.21. The first-order valence-corrected chi connectivity index (χ1v) is 10.3. The molecule has 0 amide bonds. The summed E-state index contributed by atoms with van der Waals surface area (Å²) in [5.74, 6) is -0.769. The number of benzene rings is 2. The van der Waals surface area contributed by atoms with Gasteiger partial charge in [-0.05, 0) is 25.5 Å². The lowest BCUT2D eigenvalue weighted by atomic mass is 9.89. The fourth-order valence-electron chi connectivity index (χ4n) is 3.66. The van der Waals surface area contributed by atoms with E-state index in [-0.39, 0.29) is 11.5 Å². The van der Waals surface area contributed by atoms with Crippen molar-refractivity contribution in [1.29, 1.82) is 0 Å². The van der Waals surface area contributed by atoms with Crippen molar-refractivity contribution in [2.24, 2.45) is 0 Å². The van der Waals surface area contributed by atoms with E-state index in [1.165, 1.54) is 18.4 Å². The molecule has 2 heterocycles. The summed E-state index contributed by atoms with van der Waals surface area (Å²) < 4.78 is 10.8. The number of rotatable bonds is 4. The van der Waals surface area contributed by atoms with Crippen LogP contribution < -0.4 is 5.32 Å². The molecule has 3 aromatic rings. The average Bonchev–Trinajstić information content (AvgIpc) is 3.20. The zero-order chi connectivity index (χ0) is 22.1. The summed E-state index contributed by atoms with van der Waals surface area (Å²) in [5.41, 5.74) is 3.11. The standard InChI is InChI=1S/C22H19N3O5S/c1-12-18(25(27)28)17(19(13(2)23-12)30-22(26)29-3)15-10-7-11-16-20(15)31-21(24-16)14-8-5-4-6-9-14/h4-11,17,23H,1-3H3. The van der Waals surface area contributed by atoms with Gasteiger partial charge in [0.15, 0.2) is 0 Å². The molecule has 0 fully saturated rings. The van der Waals surface area contributed by atoms with Gasteiger partial charge in [0.25, 0.3) is 5.70 Å². The van der Waals surface area contributed by atoms with E-state index in [0.717, 1.165) is 20.8 Å². The second-order valence-electron chi connectivity index (χ2n) is 6.95. The first-order chi connectivity index (χ1) is 14.9. The minimum atomic E-state index is -0.940. The Balaban J connectivity index is 1.93. The number of allylic oxidation sites excluding steroid dienone is 2. The van der Waals surface area contributed by atoms with Crippen molar-refractivity contribution >= 4 is 27.7 Å². The molecule has 0 saturated heterocycles. The summed E-state index contributed by atoms with van der Waals surface area (Å²) in [7, 11) is 1.19. The van der Waals surface area contributed by atoms with Crippen LogP contribution in [0.25, 0.3) is 20.8 Å². The van der Waals surface area contributed by atoms with Gasteiger partial charge < -0.3 is 14.8 Å². The third kappa shape index (κ3) is 3.75. The maximum absolute atomic E-state index is 12.0. The number of hydrogen-bond acceptors (Lipinski definition) is 8. The van der Waals surface area contributed by atoms with Crippen LogP contribution in [0.1, 0.15) is 25.3 Å². The zero-order valence-corrected chi connectivity index (χ0v) is 17.9. The Morgan fingerprint density at radius 3 is 2.55 bits per heavy atom. The molecule has 1 unspecified atom stereocenters. The monoisotopic (exact) mass is 437 g/mol. The van der Waals surface area contributed by atoms with Gasteiger partial charge in [-0.3, -0.25) is 10.1 Å². The molecule has 31 heavy (non-hydrogen) atoms. The summed E-state index contributed by atoms with van der Waals surface area (Å²) in [6, 6.07) is 15.2. The van der Waals surface area contributed by atoms with Crippen LogP contribution in [0.3, 0.4) is 0 Å². The van der Waals surface area contributed by atoms with Crippen LogP contribution in [-0.2, 0) is 9.47 Å². The average molecular weight is 437 g/mol. The molecular weight excluding hydrogens is 418 g/mol. The maximum Gasteiger partial charge on any atom is 0.513 e. The quantitative estimate of drug-likeness (QED) is 0.341. The molecule has 0 bridgehead atoms. The fraction of sp³-hybridized carbons (Fsp3) is 0.182. The lowest BCUT2D eigenvalue weighted by Gasteiger charge is -2.26. The van der Waals surface area contributed by atoms with Crippen molar-refractivity contribution in [1.82, 2.24) is 10.3 Å². The van der Waals surface area contributed by atoms with Crippen molar-refractivity contribution in [2.75, 3.05) is 7.11 Å². The van der Waals surface area contributed by atoms with Crippen LogP contribution in [0.2, 0.25) is 0 Å². The van der Waals surface area contributed by atoms with E-state index >= 15 is 0 Å². The molecule has 1 aromatic heterocycles. The number of thiazole rings is 1. The molecule has 1 aliphatic heterocycles. The van der Waals surface area contributed by atoms with Gasteiger partial charge in [0, 0.05) is 5.56 Å². The van der Waals surface area contributed by atoms with Crippen LogP contribution in [0, 0.1) is 10.1 Å². The van der Waals surface area contributed by atoms with Crippen LogP contribution in [-0.4, -0.2) is 23.2 Å². The highest BCUT2D eigenvalue weighted by atomic mass is 32.1. The number of methoxy groups -OCH3 is 1. The number of nitro groups is 1. The summed E-state index contributed by atoms with van der Waals surface area (Å²) in [5, 5.41) is 15.8. The Morgan fingerprint density at radius 2 is 1.87 bits per heavy atom. The molecule has 1 N–H and O–H groups in total. The minimum Gasteiger partial charge on any atom is -0.437 e. The highest BCUT2D eigenvalue weighted by Crippen LogP contribution is 2.44. The third-order valence-corrected chi connectivity index (χ3v) is 6.17. The summed E-state index contributed by atoms with van der Waals surface area (Å²) in [6.45, 7) is 3.33. The van der Waals surface area contributed by atoms with Crippen LogP contribution in [0.5, 0.6) is 0 Å². The first kappa shape index (κ1) is 20.5. The Hall–Kier alpha value is -3.72. The third-order valence-electron chi connectivity index (χ3n) is 5.00. The Morgan fingerprint density at radius 1 is 1.13 bits per heavy atom. The predicted octanol–water partition coefficient (Wildman–Crippen LogP) is 5.17. The number of nitrogens with one attached hydrogen (secondary N) is 1. The van der Waals surface area contributed by atoms with Gasteiger partial charge in [0.1, 0.15) is 16.7 Å². The largest absolute Gasteiger partial charge is 0.513 e. The van der Waals surface area contributed by atoms with E-state index < -0.39 is 17.0 Å². The molecule has 8 nitrogen and oxygen atoms in total. The van der Waals surface area contributed by atoms with Gasteiger partial charge in [-0.1, -0.05) is 42.5 Å². The number of carbonyl (C=O) groups is 1. The van der Waals surface area contributed by atoms with E-state index in [0.29, 0.717) is 17.0 Å². The summed E-state index contributed by atoms with van der Waals surface area (Å²) in [6.07, 6.45) is -0.940. The highest BCUT2D eigenvalue weighted by Gasteiger charge is 2.41. The zero-order valence-electron chi connectivity index (χ0n) is 17.0. The molecule has 4 rings (SSSR count). The molecule has 9 heteroatoms. The second kappa shape index (κ2) is 8.19. The normalized spacial score (nSPS) is 16.3. The smallest absolute Gasteiger partial charge is 0.437 e. The molecule has 0 saturated carbocycles. The number of carbonyl (C=O) groups excluding carboxylic acids is 1. The van der Waals surface area contributed by atoms with Crippen LogP contribution >= 0.6 is 11.3 Å². The molecule has 1 atom stereocenters. The number of fused-ring (bicyclic) bond motifs is 1. The number of dihydropyridines is 1. The van der Waals surface area contributed by atoms with Gasteiger partial charge in [-0.2, -0.15) is 0 Å². The van der Waals surface area contributed by atoms with Gasteiger partial charge >= 0.3 is 6.16 Å². The van der Waals surface area contributed by atoms with E-state index in [9.17, 15) is 14.9 Å². The Bertz CT molecular complexity index is 1250. The van der Waals surface area contributed by atoms with Crippen molar-refractivity contribution in [2.45, 2.75) is 19.8 Å². The maximum atomic E-state index is 12.0. The topological polar surface area (TPSA) is 104 Å². The van der Waals surface area contributed by atoms with Crippen LogP contribution in [0.4, 0.5) is 4.79 Å². The lowest BCUT2D eigenvalue weighted by Crippen LogP contribution is -2.29. The molecule has 0 radical (unpaired) electrons. The minimum absolute atomic E-state index is 0.0911. The predicted molar refractivity (Wildman–Crippen MR) is 117 cm³/mol. The molecule has 0 spiro atoms. The lowest BCUT2D eigenvalue weighted by molar-refractivity contribution is -0.431. The van der Waals surface area contributed by atoms with Crippen molar-refractivity contribution in [3.05, 3.63) is 87.1 Å².